The second-order valence-electron chi connectivity index (χ2n) is 5.39. The van der Waals surface area contributed by atoms with E-state index in [-0.39, 0.29) is 5.92 Å². The predicted molar refractivity (Wildman–Crippen MR) is 76.8 cm³/mol. The zero-order valence-corrected chi connectivity index (χ0v) is 12.6. The third-order valence-electron chi connectivity index (χ3n) is 3.96. The van der Waals surface area contributed by atoms with E-state index < -0.39 is 0 Å². The number of amides is 1. The number of likely N-dealkylation sites (tertiary alicyclic amines) is 1. The fourth-order valence-corrected chi connectivity index (χ4v) is 3.60. The van der Waals surface area contributed by atoms with Gasteiger partial charge in [-0.05, 0) is 19.3 Å². The summed E-state index contributed by atoms with van der Waals surface area (Å²) in [5.74, 6) is 1.18. The highest BCUT2D eigenvalue weighted by atomic mass is 32.1. The van der Waals surface area contributed by atoms with E-state index in [1.165, 1.54) is 11.5 Å². The maximum Gasteiger partial charge on any atom is 0.227 e. The van der Waals surface area contributed by atoms with Crippen LogP contribution in [-0.2, 0) is 16.1 Å². The van der Waals surface area contributed by atoms with Crippen molar-refractivity contribution in [2.75, 3.05) is 38.2 Å². The van der Waals surface area contributed by atoms with Crippen molar-refractivity contribution in [2.24, 2.45) is 5.92 Å². The molecule has 6 nitrogen and oxygen atoms in total. The maximum absolute atomic E-state index is 12.4. The van der Waals surface area contributed by atoms with E-state index in [1.807, 2.05) is 4.90 Å². The van der Waals surface area contributed by atoms with E-state index in [9.17, 15) is 4.79 Å². The first-order valence-electron chi connectivity index (χ1n) is 7.13. The van der Waals surface area contributed by atoms with Crippen molar-refractivity contribution in [3.8, 4) is 0 Å². The molecule has 0 bridgehead atoms. The van der Waals surface area contributed by atoms with Gasteiger partial charge in [-0.1, -0.05) is 0 Å². The van der Waals surface area contributed by atoms with Gasteiger partial charge in [0.15, 0.2) is 5.82 Å². The molecule has 2 aliphatic rings. The molecule has 3 rings (SSSR count). The molecule has 20 heavy (non-hydrogen) atoms. The Morgan fingerprint density at radius 1 is 1.40 bits per heavy atom. The summed E-state index contributed by atoms with van der Waals surface area (Å²) in [6.45, 7) is 3.99. The second kappa shape index (κ2) is 6.05. The van der Waals surface area contributed by atoms with Gasteiger partial charge in [-0.15, -0.1) is 0 Å². The maximum atomic E-state index is 12.4. The quantitative estimate of drug-likeness (QED) is 0.834. The molecule has 1 aromatic rings. The molecule has 1 aromatic heterocycles. The first kappa shape index (κ1) is 13.8. The van der Waals surface area contributed by atoms with Crippen LogP contribution in [0.2, 0.25) is 0 Å². The summed E-state index contributed by atoms with van der Waals surface area (Å²) < 4.78 is 9.30. The van der Waals surface area contributed by atoms with Crippen LogP contribution in [0.4, 0.5) is 5.13 Å². The molecule has 110 valence electrons. The van der Waals surface area contributed by atoms with Gasteiger partial charge in [-0.25, -0.2) is 4.98 Å². The Labute approximate surface area is 122 Å². The van der Waals surface area contributed by atoms with Crippen molar-refractivity contribution in [3.05, 3.63) is 5.82 Å². The van der Waals surface area contributed by atoms with E-state index in [0.29, 0.717) is 12.5 Å². The molecule has 2 fully saturated rings. The number of ether oxygens (including phenoxy) is 1. The molecule has 0 aliphatic carbocycles. The van der Waals surface area contributed by atoms with Gasteiger partial charge in [0.1, 0.15) is 6.61 Å². The number of hydrogen-bond donors (Lipinski definition) is 0. The van der Waals surface area contributed by atoms with E-state index in [4.69, 9.17) is 4.74 Å². The molecular formula is C13H20N4O2S. The van der Waals surface area contributed by atoms with Gasteiger partial charge in [0, 0.05) is 44.8 Å². The summed E-state index contributed by atoms with van der Waals surface area (Å²) in [6.07, 6.45) is 3.23. The van der Waals surface area contributed by atoms with Gasteiger partial charge in [0.2, 0.25) is 11.0 Å². The summed E-state index contributed by atoms with van der Waals surface area (Å²) in [4.78, 5) is 21.0. The van der Waals surface area contributed by atoms with Gasteiger partial charge in [-0.3, -0.25) is 4.79 Å². The largest absolute Gasteiger partial charge is 0.377 e. The Kier molecular flexibility index (Phi) is 4.16. The standard InChI is InChI=1S/C13H20N4O2S/c1-19-9-11-14-13(20-15-11)17-7-4-10(8-17)12(18)16-5-2-3-6-16/h10H,2-9H2,1H3. The minimum atomic E-state index is 0.128. The molecule has 0 saturated carbocycles. The molecule has 7 heteroatoms. The minimum absolute atomic E-state index is 0.128. The lowest BCUT2D eigenvalue weighted by Gasteiger charge is -2.20. The van der Waals surface area contributed by atoms with Crippen LogP contribution >= 0.6 is 11.5 Å². The highest BCUT2D eigenvalue weighted by Gasteiger charge is 2.33. The average molecular weight is 296 g/mol. The first-order chi connectivity index (χ1) is 9.78. The van der Waals surface area contributed by atoms with Gasteiger partial charge in [-0.2, -0.15) is 4.37 Å². The van der Waals surface area contributed by atoms with Crippen LogP contribution in [0.3, 0.4) is 0 Å². The number of anilines is 1. The molecule has 1 amide bonds. The Bertz CT molecular complexity index is 473. The molecule has 2 aliphatic heterocycles. The fraction of sp³-hybridized carbons (Fsp3) is 0.769. The lowest BCUT2D eigenvalue weighted by Crippen LogP contribution is -2.35. The summed E-state index contributed by atoms with van der Waals surface area (Å²) in [6, 6.07) is 0. The number of methoxy groups -OCH3 is 1. The number of carbonyl (C=O) groups is 1. The van der Waals surface area contributed by atoms with Gasteiger partial charge < -0.3 is 14.5 Å². The Balaban J connectivity index is 1.59. The van der Waals surface area contributed by atoms with E-state index in [2.05, 4.69) is 14.3 Å². The van der Waals surface area contributed by atoms with Crippen molar-refractivity contribution in [1.29, 1.82) is 0 Å². The highest BCUT2D eigenvalue weighted by Crippen LogP contribution is 2.27. The summed E-state index contributed by atoms with van der Waals surface area (Å²) in [5.41, 5.74) is 0. The van der Waals surface area contributed by atoms with Crippen molar-refractivity contribution < 1.29 is 9.53 Å². The number of carbonyl (C=O) groups excluding carboxylic acids is 1. The fourth-order valence-electron chi connectivity index (χ4n) is 2.89. The van der Waals surface area contributed by atoms with Crippen LogP contribution in [0, 0.1) is 5.92 Å². The van der Waals surface area contributed by atoms with Crippen molar-refractivity contribution >= 4 is 22.6 Å². The summed E-state index contributed by atoms with van der Waals surface area (Å²) in [5, 5.41) is 0.911. The van der Waals surface area contributed by atoms with Crippen LogP contribution in [-0.4, -0.2) is 53.5 Å². The Morgan fingerprint density at radius 3 is 2.95 bits per heavy atom. The predicted octanol–water partition coefficient (Wildman–Crippen LogP) is 1.13. The Hall–Kier alpha value is -1.21. The number of nitrogens with zero attached hydrogens (tertiary/aromatic N) is 4. The smallest absolute Gasteiger partial charge is 0.227 e. The van der Waals surface area contributed by atoms with Crippen LogP contribution in [0.15, 0.2) is 0 Å². The normalized spacial score (nSPS) is 22.8. The summed E-state index contributed by atoms with van der Waals surface area (Å²) >= 11 is 1.39. The highest BCUT2D eigenvalue weighted by molar-refractivity contribution is 7.09. The monoisotopic (exact) mass is 296 g/mol. The molecule has 1 atom stereocenters. The Morgan fingerprint density at radius 2 is 2.20 bits per heavy atom. The van der Waals surface area contributed by atoms with E-state index in [1.54, 1.807) is 7.11 Å². The lowest BCUT2D eigenvalue weighted by molar-refractivity contribution is -0.133. The van der Waals surface area contributed by atoms with Crippen LogP contribution in [0.1, 0.15) is 25.1 Å². The number of aromatic nitrogens is 2. The zero-order chi connectivity index (χ0) is 13.9. The molecular weight excluding hydrogens is 276 g/mol. The van der Waals surface area contributed by atoms with Crippen molar-refractivity contribution in [1.82, 2.24) is 14.3 Å². The van der Waals surface area contributed by atoms with Crippen LogP contribution < -0.4 is 4.90 Å². The number of rotatable bonds is 4. The van der Waals surface area contributed by atoms with Crippen LogP contribution in [0.25, 0.3) is 0 Å². The average Bonchev–Trinajstić information content (AvgIpc) is 3.19. The third-order valence-corrected chi connectivity index (χ3v) is 4.77. The molecule has 0 radical (unpaired) electrons. The number of hydrogen-bond acceptors (Lipinski definition) is 6. The molecule has 0 aromatic carbocycles. The molecule has 0 spiro atoms. The van der Waals surface area contributed by atoms with Crippen molar-refractivity contribution in [3.63, 3.8) is 0 Å². The molecule has 0 N–H and O–H groups in total. The van der Waals surface area contributed by atoms with E-state index >= 15 is 0 Å². The summed E-state index contributed by atoms with van der Waals surface area (Å²) in [7, 11) is 1.64. The minimum Gasteiger partial charge on any atom is -0.377 e. The second-order valence-corrected chi connectivity index (χ2v) is 6.12. The van der Waals surface area contributed by atoms with Gasteiger partial charge in [0.05, 0.1) is 5.92 Å². The topological polar surface area (TPSA) is 58.6 Å². The van der Waals surface area contributed by atoms with E-state index in [0.717, 1.165) is 56.4 Å². The SMILES string of the molecule is COCc1nsc(N2CCC(C(=O)N3CCCC3)C2)n1. The zero-order valence-electron chi connectivity index (χ0n) is 11.7. The van der Waals surface area contributed by atoms with Crippen molar-refractivity contribution in [2.45, 2.75) is 25.9 Å². The molecule has 3 heterocycles. The van der Waals surface area contributed by atoms with Gasteiger partial charge in [0.25, 0.3) is 0 Å². The van der Waals surface area contributed by atoms with Crippen LogP contribution in [0.5, 0.6) is 0 Å². The molecule has 1 unspecified atom stereocenters. The molecule has 2 saturated heterocycles. The van der Waals surface area contributed by atoms with Gasteiger partial charge >= 0.3 is 0 Å². The lowest BCUT2D eigenvalue weighted by atomic mass is 10.1. The first-order valence-corrected chi connectivity index (χ1v) is 7.90. The third kappa shape index (κ3) is 2.78.